The van der Waals surface area contributed by atoms with Crippen molar-refractivity contribution >= 4 is 18.0 Å². The number of cyclic esters (lactones) is 1. The number of ether oxygens (including phenoxy) is 3. The van der Waals surface area contributed by atoms with E-state index in [-0.39, 0.29) is 72.5 Å². The van der Waals surface area contributed by atoms with Crippen LogP contribution in [0.1, 0.15) is 71.8 Å². The zero-order chi connectivity index (χ0) is 31.3. The number of nitrogens with one attached hydrogen (secondary N) is 1. The van der Waals surface area contributed by atoms with Crippen LogP contribution in [0.25, 0.3) is 0 Å². The summed E-state index contributed by atoms with van der Waals surface area (Å²) in [6.45, 7) is 8.52. The van der Waals surface area contributed by atoms with E-state index in [2.05, 4.69) is 37.4 Å². The Hall–Kier alpha value is -3.49. The molecule has 9 heteroatoms. The normalized spacial score (nSPS) is 29.2. The number of esters is 1. The largest absolute Gasteiger partial charge is 0.504 e. The Bertz CT molecular complexity index is 1230. The molecular formula is C34H48N2O7. The highest BCUT2D eigenvalue weighted by molar-refractivity contribution is 5.78. The predicted molar refractivity (Wildman–Crippen MR) is 163 cm³/mol. The van der Waals surface area contributed by atoms with Crippen LogP contribution in [0.2, 0.25) is 0 Å². The number of nitrogens with zero attached hydrogens (tertiary/aromatic N) is 1. The van der Waals surface area contributed by atoms with Crippen molar-refractivity contribution in [1.29, 1.82) is 0 Å². The first-order valence-electron chi connectivity index (χ1n) is 15.7. The molecule has 2 aliphatic carbocycles. The van der Waals surface area contributed by atoms with Crippen molar-refractivity contribution in [2.24, 2.45) is 29.6 Å². The Balaban J connectivity index is 1.49. The highest BCUT2D eigenvalue weighted by atomic mass is 16.6. The summed E-state index contributed by atoms with van der Waals surface area (Å²) in [5.74, 6) is 0.862. The molecule has 4 rings (SSSR count). The van der Waals surface area contributed by atoms with E-state index < -0.39 is 6.09 Å². The molecule has 236 valence electrons. The summed E-state index contributed by atoms with van der Waals surface area (Å²) in [5.41, 5.74) is 2.00. The topological polar surface area (TPSA) is 114 Å². The second-order valence-electron chi connectivity index (χ2n) is 12.6. The van der Waals surface area contributed by atoms with Crippen LogP contribution in [-0.2, 0) is 25.6 Å². The average Bonchev–Trinajstić information content (AvgIpc) is 2.98. The Kier molecular flexibility index (Phi) is 10.8. The smallest absolute Gasteiger partial charge is 0.410 e. The van der Waals surface area contributed by atoms with Crippen molar-refractivity contribution < 1.29 is 33.7 Å². The van der Waals surface area contributed by atoms with E-state index in [1.807, 2.05) is 13.8 Å². The number of phenolic OH excluding ortho intramolecular Hbond substituents is 1. The predicted octanol–water partition coefficient (Wildman–Crippen LogP) is 5.76. The van der Waals surface area contributed by atoms with E-state index in [0.717, 1.165) is 24.8 Å². The minimum Gasteiger partial charge on any atom is -0.504 e. The maximum absolute atomic E-state index is 13.4. The zero-order valence-electron chi connectivity index (χ0n) is 26.4. The lowest BCUT2D eigenvalue weighted by Gasteiger charge is -2.44. The molecule has 9 nitrogen and oxygen atoms in total. The molecular weight excluding hydrogens is 548 g/mol. The van der Waals surface area contributed by atoms with Gasteiger partial charge in [0.25, 0.3) is 0 Å². The first-order valence-corrected chi connectivity index (χ1v) is 15.7. The number of benzene rings is 1. The average molecular weight is 597 g/mol. The molecule has 2 amide bonds. The lowest BCUT2D eigenvalue weighted by molar-refractivity contribution is -0.158. The highest BCUT2D eigenvalue weighted by Gasteiger charge is 2.43. The van der Waals surface area contributed by atoms with E-state index >= 15 is 0 Å². The van der Waals surface area contributed by atoms with E-state index in [4.69, 9.17) is 14.2 Å². The molecule has 1 heterocycles. The number of allylic oxidation sites excluding steroid dienone is 3. The molecule has 1 fully saturated rings. The number of carbonyl (C=O) groups is 3. The van der Waals surface area contributed by atoms with Gasteiger partial charge in [-0.15, -0.1) is 0 Å². The molecule has 0 radical (unpaired) electrons. The maximum atomic E-state index is 13.4. The van der Waals surface area contributed by atoms with Gasteiger partial charge in [0, 0.05) is 38.4 Å². The number of amides is 2. The van der Waals surface area contributed by atoms with Gasteiger partial charge in [-0.25, -0.2) is 4.79 Å². The summed E-state index contributed by atoms with van der Waals surface area (Å²) < 4.78 is 17.4. The van der Waals surface area contributed by atoms with Crippen molar-refractivity contribution in [1.82, 2.24) is 10.2 Å². The fourth-order valence-electron chi connectivity index (χ4n) is 6.77. The Morgan fingerprint density at radius 1 is 1.21 bits per heavy atom. The monoisotopic (exact) mass is 596 g/mol. The van der Waals surface area contributed by atoms with Crippen molar-refractivity contribution in [3.05, 3.63) is 47.6 Å². The second-order valence-corrected chi connectivity index (χ2v) is 12.6. The number of hydrogen-bond acceptors (Lipinski definition) is 7. The molecule has 1 saturated heterocycles. The van der Waals surface area contributed by atoms with Crippen molar-refractivity contribution in [3.8, 4) is 11.5 Å². The SMILES string of the molecule is CC[C@H](C)C(=O)OC1C[C@@H](C)C=C2C=C[C@H](C)[C@H](CC[C@@H]3C[C@H](CC(=O)NC)N(Cc4ccc(O)c(OC)c4)C(=O)O3)[C@H]21. The number of rotatable bonds is 11. The third-order valence-electron chi connectivity index (χ3n) is 9.47. The number of carbonyl (C=O) groups excluding carboxylic acids is 3. The second kappa shape index (κ2) is 14.3. The summed E-state index contributed by atoms with van der Waals surface area (Å²) in [7, 11) is 3.06. The van der Waals surface area contributed by atoms with Crippen LogP contribution in [-0.4, -0.2) is 60.4 Å². The van der Waals surface area contributed by atoms with E-state index in [9.17, 15) is 19.5 Å². The number of phenols is 1. The summed E-state index contributed by atoms with van der Waals surface area (Å²) in [6.07, 6.45) is 9.49. The van der Waals surface area contributed by atoms with Crippen LogP contribution in [0.5, 0.6) is 11.5 Å². The molecule has 2 N–H and O–H groups in total. The summed E-state index contributed by atoms with van der Waals surface area (Å²) in [5, 5.41) is 12.7. The van der Waals surface area contributed by atoms with Gasteiger partial charge >= 0.3 is 12.1 Å². The van der Waals surface area contributed by atoms with Gasteiger partial charge in [-0.2, -0.15) is 0 Å². The molecule has 0 spiro atoms. The van der Waals surface area contributed by atoms with E-state index in [1.165, 1.54) is 18.7 Å². The van der Waals surface area contributed by atoms with Gasteiger partial charge in [0.2, 0.25) is 5.91 Å². The minimum atomic E-state index is -0.457. The van der Waals surface area contributed by atoms with Crippen LogP contribution in [0.4, 0.5) is 4.79 Å². The summed E-state index contributed by atoms with van der Waals surface area (Å²) >= 11 is 0. The van der Waals surface area contributed by atoms with Crippen LogP contribution in [0, 0.1) is 29.6 Å². The van der Waals surface area contributed by atoms with Gasteiger partial charge in [0.15, 0.2) is 11.5 Å². The van der Waals surface area contributed by atoms with Crippen LogP contribution in [0.3, 0.4) is 0 Å². The fraction of sp³-hybridized carbons (Fsp3) is 0.618. The van der Waals surface area contributed by atoms with E-state index in [1.54, 1.807) is 24.1 Å². The van der Waals surface area contributed by atoms with Crippen LogP contribution >= 0.6 is 0 Å². The molecule has 43 heavy (non-hydrogen) atoms. The molecule has 1 unspecified atom stereocenters. The van der Waals surface area contributed by atoms with Gasteiger partial charge in [-0.05, 0) is 66.7 Å². The third kappa shape index (κ3) is 7.73. The standard InChI is InChI=1S/C34H48N2O7/c1-7-21(3)33(39)43-30-15-20(2)14-24-10-8-22(4)27(32(24)30)12-11-26-17-25(18-31(38)35-5)36(34(40)42-26)19-23-9-13-28(37)29(16-23)41-6/h8-10,13-14,16,20-22,25-27,30,32,37H,7,11-12,15,17-19H2,1-6H3,(H,35,38)/t20-,21-,22-,25+,26+,27-,30?,32-/m0/s1. The lowest BCUT2D eigenvalue weighted by atomic mass is 9.65. The summed E-state index contributed by atoms with van der Waals surface area (Å²) in [4.78, 5) is 40.3. The van der Waals surface area contributed by atoms with Crippen LogP contribution in [0.15, 0.2) is 42.0 Å². The Labute approximate surface area is 255 Å². The maximum Gasteiger partial charge on any atom is 0.410 e. The van der Waals surface area contributed by atoms with Gasteiger partial charge in [0.05, 0.1) is 13.0 Å². The molecule has 0 aromatic heterocycles. The molecule has 8 atom stereocenters. The highest BCUT2D eigenvalue weighted by Crippen LogP contribution is 2.45. The van der Waals surface area contributed by atoms with Gasteiger partial charge < -0.3 is 29.5 Å². The van der Waals surface area contributed by atoms with Crippen molar-refractivity contribution in [2.75, 3.05) is 14.2 Å². The van der Waals surface area contributed by atoms with E-state index in [0.29, 0.717) is 24.5 Å². The van der Waals surface area contributed by atoms with Crippen LogP contribution < -0.4 is 10.1 Å². The molecule has 1 aliphatic heterocycles. The Morgan fingerprint density at radius 2 is 1.98 bits per heavy atom. The van der Waals surface area contributed by atoms with Crippen molar-refractivity contribution in [2.45, 2.75) is 91.0 Å². The summed E-state index contributed by atoms with van der Waals surface area (Å²) in [6, 6.07) is 4.60. The number of aromatic hydroxyl groups is 1. The zero-order valence-corrected chi connectivity index (χ0v) is 26.4. The molecule has 1 aromatic rings. The van der Waals surface area contributed by atoms with Gasteiger partial charge in [-0.3, -0.25) is 9.59 Å². The van der Waals surface area contributed by atoms with Gasteiger partial charge in [0.1, 0.15) is 12.2 Å². The molecule has 3 aliphatic rings. The third-order valence-corrected chi connectivity index (χ3v) is 9.47. The molecule has 0 bridgehead atoms. The first-order chi connectivity index (χ1) is 20.5. The fourth-order valence-corrected chi connectivity index (χ4v) is 6.77. The quantitative estimate of drug-likeness (QED) is 0.312. The number of methoxy groups -OCH3 is 1. The Morgan fingerprint density at radius 3 is 2.67 bits per heavy atom. The first kappa shape index (κ1) is 32.4. The molecule has 0 saturated carbocycles. The lowest BCUT2D eigenvalue weighted by Crippen LogP contribution is -2.50. The molecule has 1 aromatic carbocycles. The number of hydrogen-bond donors (Lipinski definition) is 2. The van der Waals surface area contributed by atoms with Crippen molar-refractivity contribution in [3.63, 3.8) is 0 Å². The number of fused-ring (bicyclic) bond motifs is 1. The van der Waals surface area contributed by atoms with Gasteiger partial charge in [-0.1, -0.05) is 52.0 Å². The minimum absolute atomic E-state index is 0.0172.